The van der Waals surface area contributed by atoms with Gasteiger partial charge in [-0.25, -0.2) is 4.79 Å². The van der Waals surface area contributed by atoms with E-state index in [1.165, 1.54) is 0 Å². The molecule has 1 aromatic carbocycles. The van der Waals surface area contributed by atoms with Crippen LogP contribution in [-0.4, -0.2) is 55.5 Å². The molecule has 2 heterocycles. The van der Waals surface area contributed by atoms with Gasteiger partial charge in [0.15, 0.2) is 0 Å². The first-order chi connectivity index (χ1) is 13.4. The van der Waals surface area contributed by atoms with Crippen LogP contribution in [0.25, 0.3) is 0 Å². The molecule has 1 aliphatic rings. The summed E-state index contributed by atoms with van der Waals surface area (Å²) >= 11 is 0. The van der Waals surface area contributed by atoms with Crippen molar-refractivity contribution >= 4 is 17.6 Å². The Bertz CT molecular complexity index is 761. The normalized spacial score (nSPS) is 15.2. The predicted octanol–water partition coefficient (Wildman–Crippen LogP) is 3.33. The second kappa shape index (κ2) is 9.07. The van der Waals surface area contributed by atoms with E-state index in [4.69, 9.17) is 14.0 Å². The summed E-state index contributed by atoms with van der Waals surface area (Å²) in [5, 5.41) is 9.38. The summed E-state index contributed by atoms with van der Waals surface area (Å²) < 4.78 is 16.3. The highest BCUT2D eigenvalue weighted by Crippen LogP contribution is 2.23. The van der Waals surface area contributed by atoms with E-state index in [9.17, 15) is 4.79 Å². The third-order valence-electron chi connectivity index (χ3n) is 4.41. The van der Waals surface area contributed by atoms with E-state index in [1.54, 1.807) is 18.2 Å². The lowest BCUT2D eigenvalue weighted by molar-refractivity contribution is 0.0322. The maximum absolute atomic E-state index is 12.1. The summed E-state index contributed by atoms with van der Waals surface area (Å²) in [7, 11) is 0. The summed E-state index contributed by atoms with van der Waals surface area (Å²) in [4.78, 5) is 14.4. The molecule has 28 heavy (non-hydrogen) atoms. The molecule has 3 rings (SSSR count). The summed E-state index contributed by atoms with van der Waals surface area (Å²) in [5.74, 6) is 1.08. The molecule has 1 fully saturated rings. The van der Waals surface area contributed by atoms with Gasteiger partial charge in [0.25, 0.3) is 0 Å². The Morgan fingerprint density at radius 3 is 2.54 bits per heavy atom. The molecule has 8 heteroatoms. The van der Waals surface area contributed by atoms with Gasteiger partial charge in [0.1, 0.15) is 12.4 Å². The van der Waals surface area contributed by atoms with Crippen LogP contribution in [-0.2, 0) is 10.2 Å². The fraction of sp³-hybridized carbons (Fsp3) is 0.500. The number of nitrogens with one attached hydrogen (secondary N) is 2. The van der Waals surface area contributed by atoms with E-state index in [0.717, 1.165) is 44.3 Å². The van der Waals surface area contributed by atoms with Crippen molar-refractivity contribution in [2.24, 2.45) is 0 Å². The van der Waals surface area contributed by atoms with Crippen LogP contribution in [0.2, 0.25) is 0 Å². The zero-order valence-electron chi connectivity index (χ0n) is 16.7. The van der Waals surface area contributed by atoms with Gasteiger partial charge in [0.2, 0.25) is 5.88 Å². The Morgan fingerprint density at radius 1 is 1.18 bits per heavy atom. The van der Waals surface area contributed by atoms with Gasteiger partial charge >= 0.3 is 6.03 Å². The largest absolute Gasteiger partial charge is 0.492 e. The molecule has 0 aliphatic carbocycles. The monoisotopic (exact) mass is 388 g/mol. The summed E-state index contributed by atoms with van der Waals surface area (Å²) in [5.41, 5.74) is 1.30. The van der Waals surface area contributed by atoms with Crippen molar-refractivity contribution in [1.29, 1.82) is 0 Å². The van der Waals surface area contributed by atoms with Crippen molar-refractivity contribution in [3.8, 4) is 5.75 Å². The van der Waals surface area contributed by atoms with Gasteiger partial charge in [-0.3, -0.25) is 10.2 Å². The van der Waals surface area contributed by atoms with Crippen LogP contribution in [0.4, 0.5) is 16.4 Å². The Balaban J connectivity index is 1.43. The van der Waals surface area contributed by atoms with Gasteiger partial charge in [0, 0.05) is 36.8 Å². The predicted molar refractivity (Wildman–Crippen MR) is 107 cm³/mol. The Morgan fingerprint density at radius 2 is 1.89 bits per heavy atom. The molecule has 1 saturated heterocycles. The minimum absolute atomic E-state index is 0.141. The smallest absolute Gasteiger partial charge is 0.326 e. The van der Waals surface area contributed by atoms with E-state index >= 15 is 0 Å². The number of carbonyl (C=O) groups is 1. The molecule has 2 N–H and O–H groups in total. The van der Waals surface area contributed by atoms with Crippen LogP contribution in [0.15, 0.2) is 34.9 Å². The van der Waals surface area contributed by atoms with E-state index < -0.39 is 6.03 Å². The molecule has 152 valence electrons. The second-order valence-corrected chi connectivity index (χ2v) is 7.73. The lowest BCUT2D eigenvalue weighted by Gasteiger charge is -2.26. The summed E-state index contributed by atoms with van der Waals surface area (Å²) in [6.45, 7) is 11.0. The average Bonchev–Trinajstić information content (AvgIpc) is 3.13. The van der Waals surface area contributed by atoms with Crippen molar-refractivity contribution < 1.29 is 18.8 Å². The number of rotatable bonds is 6. The maximum Gasteiger partial charge on any atom is 0.326 e. The Labute approximate surface area is 165 Å². The molecule has 0 unspecified atom stereocenters. The van der Waals surface area contributed by atoms with Crippen molar-refractivity contribution in [2.75, 3.05) is 50.1 Å². The van der Waals surface area contributed by atoms with Gasteiger partial charge in [0.05, 0.1) is 18.9 Å². The molecule has 2 amide bonds. The minimum atomic E-state index is -0.391. The molecule has 8 nitrogen and oxygen atoms in total. The number of nitrogens with zero attached hydrogens (tertiary/aromatic N) is 2. The number of hydrogen-bond donors (Lipinski definition) is 2. The average molecular weight is 388 g/mol. The Hall–Kier alpha value is -2.58. The summed E-state index contributed by atoms with van der Waals surface area (Å²) in [6.07, 6.45) is 0. The highest BCUT2D eigenvalue weighted by Gasteiger charge is 2.19. The fourth-order valence-electron chi connectivity index (χ4n) is 2.71. The first kappa shape index (κ1) is 20.2. The molecule has 2 aromatic rings. The van der Waals surface area contributed by atoms with Gasteiger partial charge < -0.3 is 19.3 Å². The lowest BCUT2D eigenvalue weighted by Crippen LogP contribution is -2.38. The topological polar surface area (TPSA) is 88.9 Å². The molecule has 1 aliphatic heterocycles. The van der Waals surface area contributed by atoms with Gasteiger partial charge in [-0.05, 0) is 24.3 Å². The van der Waals surface area contributed by atoms with E-state index in [1.807, 2.05) is 32.9 Å². The van der Waals surface area contributed by atoms with Crippen LogP contribution >= 0.6 is 0 Å². The number of carbonyl (C=O) groups excluding carboxylic acids is 1. The second-order valence-electron chi connectivity index (χ2n) is 7.73. The van der Waals surface area contributed by atoms with Crippen LogP contribution < -0.4 is 15.4 Å². The standard InChI is InChI=1S/C20H28N4O4/c1-20(2,3)17-14-18(28-23-17)22-19(25)21-15-4-6-16(7-5-15)27-13-10-24-8-11-26-12-9-24/h4-7,14H,8-13H2,1-3H3,(H2,21,22,25). The highest BCUT2D eigenvalue weighted by atomic mass is 16.5. The minimum Gasteiger partial charge on any atom is -0.492 e. The molecule has 0 radical (unpaired) electrons. The third kappa shape index (κ3) is 5.97. The number of morpholine rings is 1. The number of hydrogen-bond acceptors (Lipinski definition) is 6. The molecule has 0 saturated carbocycles. The van der Waals surface area contributed by atoms with Crippen molar-refractivity contribution in [1.82, 2.24) is 10.1 Å². The molecule has 1 aromatic heterocycles. The molecule has 0 bridgehead atoms. The zero-order chi connectivity index (χ0) is 20.0. The summed E-state index contributed by atoms with van der Waals surface area (Å²) in [6, 6.07) is 8.60. The molecule has 0 atom stereocenters. The van der Waals surface area contributed by atoms with Gasteiger partial charge in [-0.1, -0.05) is 25.9 Å². The van der Waals surface area contributed by atoms with Crippen LogP contribution in [0.3, 0.4) is 0 Å². The SMILES string of the molecule is CC(C)(C)c1cc(NC(=O)Nc2ccc(OCCN3CCOCC3)cc2)on1. The number of anilines is 2. The highest BCUT2D eigenvalue weighted by molar-refractivity contribution is 5.98. The maximum atomic E-state index is 12.1. The number of amides is 2. The van der Waals surface area contributed by atoms with E-state index in [2.05, 4.69) is 20.7 Å². The molecular formula is C20H28N4O4. The number of aromatic nitrogens is 1. The van der Waals surface area contributed by atoms with Gasteiger partial charge in [-0.15, -0.1) is 0 Å². The van der Waals surface area contributed by atoms with Crippen molar-refractivity contribution in [2.45, 2.75) is 26.2 Å². The first-order valence-electron chi connectivity index (χ1n) is 9.48. The molecular weight excluding hydrogens is 360 g/mol. The zero-order valence-corrected chi connectivity index (χ0v) is 16.7. The quantitative estimate of drug-likeness (QED) is 0.789. The van der Waals surface area contributed by atoms with Gasteiger partial charge in [-0.2, -0.15) is 0 Å². The third-order valence-corrected chi connectivity index (χ3v) is 4.41. The van der Waals surface area contributed by atoms with Crippen LogP contribution in [0.1, 0.15) is 26.5 Å². The molecule has 0 spiro atoms. The number of ether oxygens (including phenoxy) is 2. The fourth-order valence-corrected chi connectivity index (χ4v) is 2.71. The number of benzene rings is 1. The number of urea groups is 1. The van der Waals surface area contributed by atoms with E-state index in [0.29, 0.717) is 18.2 Å². The van der Waals surface area contributed by atoms with Crippen molar-refractivity contribution in [3.63, 3.8) is 0 Å². The van der Waals surface area contributed by atoms with Crippen LogP contribution in [0, 0.1) is 0 Å². The first-order valence-corrected chi connectivity index (χ1v) is 9.48. The lowest BCUT2D eigenvalue weighted by atomic mass is 9.92. The van der Waals surface area contributed by atoms with Crippen LogP contribution in [0.5, 0.6) is 5.75 Å². The Kier molecular flexibility index (Phi) is 6.53. The van der Waals surface area contributed by atoms with Crippen molar-refractivity contribution in [3.05, 3.63) is 36.0 Å². The van der Waals surface area contributed by atoms with E-state index in [-0.39, 0.29) is 5.41 Å².